The number of nitrogens with zero attached hydrogens (tertiary/aromatic N) is 4. The first-order valence-corrected chi connectivity index (χ1v) is 12.9. The van der Waals surface area contributed by atoms with E-state index in [4.69, 9.17) is 9.47 Å². The fraction of sp³-hybridized carbons (Fsp3) is 0.423. The summed E-state index contributed by atoms with van der Waals surface area (Å²) >= 11 is 1.49. The molecule has 0 saturated heterocycles. The lowest BCUT2D eigenvalue weighted by Gasteiger charge is -2.26. The van der Waals surface area contributed by atoms with Crippen molar-refractivity contribution < 1.29 is 14.3 Å². The zero-order valence-electron chi connectivity index (χ0n) is 19.7. The third-order valence-corrected chi connectivity index (χ3v) is 7.69. The van der Waals surface area contributed by atoms with Crippen LogP contribution in [-0.2, 0) is 11.2 Å². The third-order valence-electron chi connectivity index (χ3n) is 6.76. The number of methoxy groups -OCH3 is 2. The minimum atomic E-state index is 0.112. The molecular formula is C26H30N4O3S. The molecule has 0 radical (unpaired) electrons. The number of hydrogen-bond acceptors (Lipinski definition) is 6. The normalized spacial score (nSPS) is 15.9. The van der Waals surface area contributed by atoms with E-state index >= 15 is 0 Å². The minimum Gasteiger partial charge on any atom is -0.493 e. The van der Waals surface area contributed by atoms with Gasteiger partial charge in [0.25, 0.3) is 0 Å². The van der Waals surface area contributed by atoms with E-state index in [1.54, 1.807) is 14.2 Å². The second-order valence-corrected chi connectivity index (χ2v) is 9.69. The third kappa shape index (κ3) is 4.39. The molecule has 0 atom stereocenters. The maximum atomic E-state index is 13.1. The van der Waals surface area contributed by atoms with E-state index in [2.05, 4.69) is 20.8 Å². The predicted molar refractivity (Wildman–Crippen MR) is 134 cm³/mol. The number of ether oxygens (including phenoxy) is 2. The van der Waals surface area contributed by atoms with E-state index in [0.717, 1.165) is 48.0 Å². The molecule has 5 rings (SSSR count). The fourth-order valence-corrected chi connectivity index (χ4v) is 5.90. The molecule has 8 heteroatoms. The SMILES string of the molecule is COc1ccc(-c2nnc(SCC(=O)N3CCc4ccccc43)n2C2CCCCC2)cc1OC. The van der Waals surface area contributed by atoms with Gasteiger partial charge in [0.1, 0.15) is 0 Å². The van der Waals surface area contributed by atoms with E-state index < -0.39 is 0 Å². The molecule has 7 nitrogen and oxygen atoms in total. The molecule has 0 bridgehead atoms. The van der Waals surface area contributed by atoms with Gasteiger partial charge in [-0.3, -0.25) is 9.36 Å². The number of anilines is 1. The van der Waals surface area contributed by atoms with Gasteiger partial charge in [-0.15, -0.1) is 10.2 Å². The molecule has 34 heavy (non-hydrogen) atoms. The van der Waals surface area contributed by atoms with Crippen LogP contribution in [0, 0.1) is 0 Å². The van der Waals surface area contributed by atoms with Crippen LogP contribution >= 0.6 is 11.8 Å². The lowest BCUT2D eigenvalue weighted by Crippen LogP contribution is -2.30. The maximum absolute atomic E-state index is 13.1. The van der Waals surface area contributed by atoms with Crippen molar-refractivity contribution in [3.8, 4) is 22.9 Å². The van der Waals surface area contributed by atoms with Gasteiger partial charge in [0.15, 0.2) is 22.5 Å². The van der Waals surface area contributed by atoms with Crippen molar-refractivity contribution in [3.63, 3.8) is 0 Å². The molecule has 1 amide bonds. The van der Waals surface area contributed by atoms with Crippen LogP contribution in [0.5, 0.6) is 11.5 Å². The average molecular weight is 479 g/mol. The van der Waals surface area contributed by atoms with Crippen LogP contribution in [0.4, 0.5) is 5.69 Å². The molecular weight excluding hydrogens is 448 g/mol. The highest BCUT2D eigenvalue weighted by molar-refractivity contribution is 7.99. The van der Waals surface area contributed by atoms with E-state index in [9.17, 15) is 4.79 Å². The molecule has 1 fully saturated rings. The largest absolute Gasteiger partial charge is 0.493 e. The van der Waals surface area contributed by atoms with Crippen molar-refractivity contribution in [1.82, 2.24) is 14.8 Å². The highest BCUT2D eigenvalue weighted by Crippen LogP contribution is 2.38. The van der Waals surface area contributed by atoms with Gasteiger partial charge in [0, 0.05) is 23.8 Å². The summed E-state index contributed by atoms with van der Waals surface area (Å²) in [7, 11) is 3.27. The Labute approximate surface area is 204 Å². The molecule has 1 aliphatic carbocycles. The van der Waals surface area contributed by atoms with Gasteiger partial charge in [-0.1, -0.05) is 49.2 Å². The van der Waals surface area contributed by atoms with Crippen molar-refractivity contribution in [2.24, 2.45) is 0 Å². The van der Waals surface area contributed by atoms with Crippen molar-refractivity contribution in [2.45, 2.75) is 49.7 Å². The number of aromatic nitrogens is 3. The first kappa shape index (κ1) is 22.8. The van der Waals surface area contributed by atoms with E-state index in [0.29, 0.717) is 23.3 Å². The van der Waals surface area contributed by atoms with E-state index in [-0.39, 0.29) is 5.91 Å². The van der Waals surface area contributed by atoms with Crippen LogP contribution in [0.2, 0.25) is 0 Å². The zero-order valence-corrected chi connectivity index (χ0v) is 20.5. The molecule has 1 aliphatic heterocycles. The Morgan fingerprint density at radius 3 is 2.62 bits per heavy atom. The molecule has 0 spiro atoms. The van der Waals surface area contributed by atoms with Gasteiger partial charge >= 0.3 is 0 Å². The van der Waals surface area contributed by atoms with Crippen LogP contribution in [0.25, 0.3) is 11.4 Å². The summed E-state index contributed by atoms with van der Waals surface area (Å²) in [6, 6.07) is 14.3. The Kier molecular flexibility index (Phi) is 6.76. The van der Waals surface area contributed by atoms with Crippen LogP contribution < -0.4 is 14.4 Å². The van der Waals surface area contributed by atoms with Gasteiger partial charge in [-0.05, 0) is 49.1 Å². The molecule has 1 saturated carbocycles. The quantitative estimate of drug-likeness (QED) is 0.438. The summed E-state index contributed by atoms with van der Waals surface area (Å²) in [5.74, 6) is 2.61. The minimum absolute atomic E-state index is 0.112. The van der Waals surface area contributed by atoms with Crippen molar-refractivity contribution in [1.29, 1.82) is 0 Å². The maximum Gasteiger partial charge on any atom is 0.237 e. The lowest BCUT2D eigenvalue weighted by atomic mass is 9.95. The smallest absolute Gasteiger partial charge is 0.237 e. The van der Waals surface area contributed by atoms with Crippen molar-refractivity contribution >= 4 is 23.4 Å². The second-order valence-electron chi connectivity index (χ2n) is 8.75. The number of amides is 1. The number of para-hydroxylation sites is 1. The van der Waals surface area contributed by atoms with Gasteiger partial charge < -0.3 is 14.4 Å². The molecule has 3 aromatic rings. The first-order chi connectivity index (χ1) is 16.7. The summed E-state index contributed by atoms with van der Waals surface area (Å²) in [5.41, 5.74) is 3.21. The summed E-state index contributed by atoms with van der Waals surface area (Å²) < 4.78 is 13.2. The number of thioether (sulfide) groups is 1. The molecule has 2 aliphatic rings. The van der Waals surface area contributed by atoms with Gasteiger partial charge in [0.2, 0.25) is 5.91 Å². The Balaban J connectivity index is 1.41. The number of hydrogen-bond donors (Lipinski definition) is 0. The zero-order chi connectivity index (χ0) is 23.5. The Bertz CT molecular complexity index is 1170. The summed E-state index contributed by atoms with van der Waals surface area (Å²) in [4.78, 5) is 15.0. The van der Waals surface area contributed by atoms with E-state index in [1.165, 1.54) is 36.6 Å². The topological polar surface area (TPSA) is 69.5 Å². The van der Waals surface area contributed by atoms with Crippen LogP contribution in [0.3, 0.4) is 0 Å². The summed E-state index contributed by atoms with van der Waals surface area (Å²) in [6.07, 6.45) is 6.76. The monoisotopic (exact) mass is 478 g/mol. The van der Waals surface area contributed by atoms with Gasteiger partial charge in [-0.2, -0.15) is 0 Å². The lowest BCUT2D eigenvalue weighted by molar-refractivity contribution is -0.116. The van der Waals surface area contributed by atoms with Crippen LogP contribution in [-0.4, -0.2) is 47.2 Å². The molecule has 2 aromatic carbocycles. The molecule has 1 aromatic heterocycles. The number of benzene rings is 2. The van der Waals surface area contributed by atoms with Gasteiger partial charge in [0.05, 0.1) is 20.0 Å². The Morgan fingerprint density at radius 2 is 1.82 bits per heavy atom. The molecule has 0 N–H and O–H groups in total. The number of rotatable bonds is 7. The number of fused-ring (bicyclic) bond motifs is 1. The van der Waals surface area contributed by atoms with Gasteiger partial charge in [-0.25, -0.2) is 0 Å². The average Bonchev–Trinajstić information content (AvgIpc) is 3.52. The summed E-state index contributed by atoms with van der Waals surface area (Å²) in [5, 5.41) is 9.92. The number of carbonyl (C=O) groups excluding carboxylic acids is 1. The van der Waals surface area contributed by atoms with Crippen molar-refractivity contribution in [3.05, 3.63) is 48.0 Å². The second kappa shape index (κ2) is 10.1. The standard InChI is InChI=1S/C26H30N4O3S/c1-32-22-13-12-19(16-23(22)33-2)25-27-28-26(30(25)20-9-4-3-5-10-20)34-17-24(31)29-15-14-18-8-6-7-11-21(18)29/h6-8,11-13,16,20H,3-5,9-10,14-15,17H2,1-2H3. The molecule has 2 heterocycles. The Hall–Kier alpha value is -3.00. The highest BCUT2D eigenvalue weighted by Gasteiger charge is 2.27. The predicted octanol–water partition coefficient (Wildman–Crippen LogP) is 5.15. The van der Waals surface area contributed by atoms with E-state index in [1.807, 2.05) is 41.3 Å². The fourth-order valence-electron chi connectivity index (χ4n) is 5.02. The molecule has 178 valence electrons. The first-order valence-electron chi connectivity index (χ1n) is 11.9. The number of carbonyl (C=O) groups is 1. The Morgan fingerprint density at radius 1 is 1.03 bits per heavy atom. The van der Waals surface area contributed by atoms with Crippen LogP contribution in [0.1, 0.15) is 43.7 Å². The van der Waals surface area contributed by atoms with Crippen molar-refractivity contribution in [2.75, 3.05) is 31.4 Å². The van der Waals surface area contributed by atoms with Crippen LogP contribution in [0.15, 0.2) is 47.6 Å². The summed E-state index contributed by atoms with van der Waals surface area (Å²) in [6.45, 7) is 0.741. The highest BCUT2D eigenvalue weighted by atomic mass is 32.2. The molecule has 0 unspecified atom stereocenters.